The van der Waals surface area contributed by atoms with Crippen LogP contribution < -0.4 is 0 Å². The summed E-state index contributed by atoms with van der Waals surface area (Å²) in [7, 11) is 0. The number of rotatable bonds is 4. The van der Waals surface area contributed by atoms with Crippen molar-refractivity contribution in [3.63, 3.8) is 0 Å². The maximum atomic E-state index is 10.2. The van der Waals surface area contributed by atoms with Crippen LogP contribution in [0.15, 0.2) is 24.5 Å². The van der Waals surface area contributed by atoms with Crippen molar-refractivity contribution in [3.8, 4) is 0 Å². The normalized spacial score (nSPS) is 20.4. The molecule has 1 saturated carbocycles. The minimum atomic E-state index is -0.539. The van der Waals surface area contributed by atoms with Gasteiger partial charge in [-0.1, -0.05) is 12.8 Å². The zero-order chi connectivity index (χ0) is 10.0. The van der Waals surface area contributed by atoms with Crippen LogP contribution >= 0.6 is 0 Å². The summed E-state index contributed by atoms with van der Waals surface area (Å²) in [6.45, 7) is 1.94. The Morgan fingerprint density at radius 3 is 2.64 bits per heavy atom. The van der Waals surface area contributed by atoms with E-state index in [4.69, 9.17) is 0 Å². The summed E-state index contributed by atoms with van der Waals surface area (Å²) < 4.78 is 0. The van der Waals surface area contributed by atoms with Crippen LogP contribution in [-0.4, -0.2) is 15.7 Å². The van der Waals surface area contributed by atoms with Crippen LogP contribution in [0.2, 0.25) is 0 Å². The lowest BCUT2D eigenvalue weighted by Crippen LogP contribution is -2.27. The number of hydrogen-bond acceptors (Lipinski definition) is 2. The highest BCUT2D eigenvalue weighted by molar-refractivity contribution is 5.12. The fourth-order valence-electron chi connectivity index (χ4n) is 1.96. The average Bonchev–Trinajstić information content (AvgIpc) is 2.88. The SMILES string of the molecule is CC(O)(Cc1ccncc1)CC1CC1. The van der Waals surface area contributed by atoms with E-state index in [1.807, 2.05) is 19.1 Å². The zero-order valence-electron chi connectivity index (χ0n) is 8.61. The summed E-state index contributed by atoms with van der Waals surface area (Å²) >= 11 is 0. The van der Waals surface area contributed by atoms with Gasteiger partial charge in [-0.2, -0.15) is 0 Å². The van der Waals surface area contributed by atoms with Crippen molar-refractivity contribution in [1.82, 2.24) is 4.98 Å². The summed E-state index contributed by atoms with van der Waals surface area (Å²) in [6, 6.07) is 3.95. The largest absolute Gasteiger partial charge is 0.390 e. The van der Waals surface area contributed by atoms with Gasteiger partial charge in [0.1, 0.15) is 0 Å². The Labute approximate surface area is 85.0 Å². The van der Waals surface area contributed by atoms with Crippen LogP contribution in [0.1, 0.15) is 31.7 Å². The molecule has 0 aromatic carbocycles. The summed E-state index contributed by atoms with van der Waals surface area (Å²) in [5.41, 5.74) is 0.633. The molecule has 1 N–H and O–H groups in total. The maximum Gasteiger partial charge on any atom is 0.0662 e. The van der Waals surface area contributed by atoms with Gasteiger partial charge in [-0.3, -0.25) is 4.98 Å². The van der Waals surface area contributed by atoms with E-state index in [9.17, 15) is 5.11 Å². The molecule has 1 atom stereocenters. The molecule has 1 aliphatic rings. The molecule has 0 radical (unpaired) electrons. The summed E-state index contributed by atoms with van der Waals surface area (Å²) in [6.07, 6.45) is 7.84. The van der Waals surface area contributed by atoms with E-state index >= 15 is 0 Å². The molecule has 2 heteroatoms. The van der Waals surface area contributed by atoms with Gasteiger partial charge < -0.3 is 5.11 Å². The number of nitrogens with zero attached hydrogens (tertiary/aromatic N) is 1. The van der Waals surface area contributed by atoms with E-state index in [1.54, 1.807) is 12.4 Å². The van der Waals surface area contributed by atoms with Crippen molar-refractivity contribution in [1.29, 1.82) is 0 Å². The highest BCUT2D eigenvalue weighted by Crippen LogP contribution is 2.37. The van der Waals surface area contributed by atoms with E-state index in [0.29, 0.717) is 0 Å². The lowest BCUT2D eigenvalue weighted by molar-refractivity contribution is 0.0455. The fourth-order valence-corrected chi connectivity index (χ4v) is 1.96. The zero-order valence-corrected chi connectivity index (χ0v) is 8.61. The van der Waals surface area contributed by atoms with Gasteiger partial charge in [-0.15, -0.1) is 0 Å². The Hall–Kier alpha value is -0.890. The van der Waals surface area contributed by atoms with Crippen molar-refractivity contribution >= 4 is 0 Å². The average molecular weight is 191 g/mol. The molecule has 1 aromatic rings. The third-order valence-corrected chi connectivity index (χ3v) is 2.76. The first-order valence-corrected chi connectivity index (χ1v) is 5.27. The summed E-state index contributed by atoms with van der Waals surface area (Å²) in [5, 5.41) is 10.2. The van der Waals surface area contributed by atoms with Crippen molar-refractivity contribution in [2.45, 2.75) is 38.2 Å². The van der Waals surface area contributed by atoms with Crippen LogP contribution in [0.4, 0.5) is 0 Å². The molecule has 1 heterocycles. The second-order valence-corrected chi connectivity index (χ2v) is 4.68. The van der Waals surface area contributed by atoms with E-state index < -0.39 is 5.60 Å². The van der Waals surface area contributed by atoms with E-state index in [1.165, 1.54) is 18.4 Å². The van der Waals surface area contributed by atoms with Crippen molar-refractivity contribution in [2.24, 2.45) is 5.92 Å². The van der Waals surface area contributed by atoms with E-state index in [2.05, 4.69) is 4.98 Å². The molecule has 2 nitrogen and oxygen atoms in total. The second-order valence-electron chi connectivity index (χ2n) is 4.68. The number of pyridine rings is 1. The van der Waals surface area contributed by atoms with Crippen molar-refractivity contribution < 1.29 is 5.11 Å². The minimum absolute atomic E-state index is 0.539. The Morgan fingerprint density at radius 1 is 1.43 bits per heavy atom. The standard InChI is InChI=1S/C12H17NO/c1-12(14,8-10-2-3-10)9-11-4-6-13-7-5-11/h4-7,10,14H,2-3,8-9H2,1H3. The first kappa shape index (κ1) is 9.66. The van der Waals surface area contributed by atoms with Crippen molar-refractivity contribution in [3.05, 3.63) is 30.1 Å². The van der Waals surface area contributed by atoms with Gasteiger partial charge in [0.2, 0.25) is 0 Å². The van der Waals surface area contributed by atoms with Crippen LogP contribution in [0.5, 0.6) is 0 Å². The molecular weight excluding hydrogens is 174 g/mol. The molecule has 1 aromatic heterocycles. The third-order valence-electron chi connectivity index (χ3n) is 2.76. The molecule has 76 valence electrons. The Morgan fingerprint density at radius 2 is 2.07 bits per heavy atom. The van der Waals surface area contributed by atoms with Crippen LogP contribution in [0.3, 0.4) is 0 Å². The van der Waals surface area contributed by atoms with Gasteiger partial charge in [0.15, 0.2) is 0 Å². The molecular formula is C12H17NO. The Balaban J connectivity index is 1.94. The summed E-state index contributed by atoms with van der Waals surface area (Å²) in [5.74, 6) is 0.770. The van der Waals surface area contributed by atoms with Crippen LogP contribution in [-0.2, 0) is 6.42 Å². The van der Waals surface area contributed by atoms with Crippen LogP contribution in [0, 0.1) is 5.92 Å². The predicted molar refractivity (Wildman–Crippen MR) is 55.9 cm³/mol. The number of aromatic nitrogens is 1. The van der Waals surface area contributed by atoms with Gasteiger partial charge in [0, 0.05) is 18.8 Å². The smallest absolute Gasteiger partial charge is 0.0662 e. The predicted octanol–water partition coefficient (Wildman–Crippen LogP) is 2.18. The molecule has 1 aliphatic carbocycles. The Kier molecular flexibility index (Phi) is 2.55. The van der Waals surface area contributed by atoms with Gasteiger partial charge in [0.05, 0.1) is 5.60 Å². The molecule has 0 amide bonds. The maximum absolute atomic E-state index is 10.2. The first-order valence-electron chi connectivity index (χ1n) is 5.27. The second kappa shape index (κ2) is 3.70. The molecule has 0 spiro atoms. The van der Waals surface area contributed by atoms with Gasteiger partial charge in [-0.25, -0.2) is 0 Å². The highest BCUT2D eigenvalue weighted by atomic mass is 16.3. The summed E-state index contributed by atoms with van der Waals surface area (Å²) in [4.78, 5) is 3.97. The highest BCUT2D eigenvalue weighted by Gasteiger charge is 2.31. The molecule has 1 fully saturated rings. The lowest BCUT2D eigenvalue weighted by atomic mass is 9.92. The van der Waals surface area contributed by atoms with E-state index in [0.717, 1.165) is 18.8 Å². The molecule has 0 aliphatic heterocycles. The quantitative estimate of drug-likeness (QED) is 0.791. The van der Waals surface area contributed by atoms with E-state index in [-0.39, 0.29) is 0 Å². The topological polar surface area (TPSA) is 33.1 Å². The molecule has 14 heavy (non-hydrogen) atoms. The van der Waals surface area contributed by atoms with Gasteiger partial charge >= 0.3 is 0 Å². The Bertz CT molecular complexity index is 290. The van der Waals surface area contributed by atoms with Gasteiger partial charge in [0.25, 0.3) is 0 Å². The molecule has 0 saturated heterocycles. The van der Waals surface area contributed by atoms with Gasteiger partial charge in [-0.05, 0) is 37.0 Å². The molecule has 1 unspecified atom stereocenters. The molecule has 0 bridgehead atoms. The fraction of sp³-hybridized carbons (Fsp3) is 0.583. The third kappa shape index (κ3) is 2.81. The number of hydrogen-bond donors (Lipinski definition) is 1. The first-order chi connectivity index (χ1) is 6.66. The monoisotopic (exact) mass is 191 g/mol. The van der Waals surface area contributed by atoms with Crippen molar-refractivity contribution in [2.75, 3.05) is 0 Å². The minimum Gasteiger partial charge on any atom is -0.390 e. The lowest BCUT2D eigenvalue weighted by Gasteiger charge is -2.23. The van der Waals surface area contributed by atoms with Crippen LogP contribution in [0.25, 0.3) is 0 Å². The number of aliphatic hydroxyl groups is 1. The molecule has 2 rings (SSSR count).